The summed E-state index contributed by atoms with van der Waals surface area (Å²) >= 11 is 0. The van der Waals surface area contributed by atoms with E-state index in [9.17, 15) is 0 Å². The molecule has 0 unspecified atom stereocenters. The van der Waals surface area contributed by atoms with Gasteiger partial charge in [0.15, 0.2) is 0 Å². The molecule has 2 nitrogen and oxygen atoms in total. The van der Waals surface area contributed by atoms with Crippen LogP contribution >= 0.6 is 24.8 Å². The molecule has 0 spiro atoms. The molecule has 1 N–H and O–H groups in total. The Labute approximate surface area is 117 Å². The minimum Gasteiger partial charge on any atom is -0.311 e. The van der Waals surface area contributed by atoms with E-state index in [1.54, 1.807) is 0 Å². The van der Waals surface area contributed by atoms with Crippen LogP contribution in [0.2, 0.25) is 0 Å². The highest BCUT2D eigenvalue weighted by molar-refractivity contribution is 5.85. The van der Waals surface area contributed by atoms with Gasteiger partial charge in [0, 0.05) is 31.7 Å². The second kappa shape index (κ2) is 7.93. The van der Waals surface area contributed by atoms with Crippen molar-refractivity contribution < 1.29 is 0 Å². The minimum absolute atomic E-state index is 0. The topological polar surface area (TPSA) is 15.3 Å². The Morgan fingerprint density at radius 1 is 1.18 bits per heavy atom. The van der Waals surface area contributed by atoms with Gasteiger partial charge in [-0.05, 0) is 19.4 Å². The van der Waals surface area contributed by atoms with E-state index < -0.39 is 0 Å². The Bertz CT molecular complexity index is 306. The summed E-state index contributed by atoms with van der Waals surface area (Å²) in [5.74, 6) is 0. The predicted octanol–water partition coefficient (Wildman–Crippen LogP) is 2.71. The molecule has 0 amide bonds. The maximum atomic E-state index is 3.51. The summed E-state index contributed by atoms with van der Waals surface area (Å²) in [6.45, 7) is 7.88. The van der Waals surface area contributed by atoms with Crippen LogP contribution in [0.5, 0.6) is 0 Å². The largest absolute Gasteiger partial charge is 0.311 e. The summed E-state index contributed by atoms with van der Waals surface area (Å²) in [5.41, 5.74) is 1.42. The first-order valence-electron chi connectivity index (χ1n) is 5.77. The van der Waals surface area contributed by atoms with E-state index in [2.05, 4.69) is 54.4 Å². The number of nitrogens with one attached hydrogen (secondary N) is 1. The van der Waals surface area contributed by atoms with Gasteiger partial charge in [-0.2, -0.15) is 0 Å². The van der Waals surface area contributed by atoms with Crippen LogP contribution in [0.3, 0.4) is 0 Å². The van der Waals surface area contributed by atoms with Gasteiger partial charge in [-0.3, -0.25) is 4.90 Å². The third-order valence-corrected chi connectivity index (χ3v) is 3.12. The van der Waals surface area contributed by atoms with Crippen LogP contribution in [0.1, 0.15) is 19.4 Å². The third-order valence-electron chi connectivity index (χ3n) is 3.12. The van der Waals surface area contributed by atoms with Crippen LogP contribution in [0.15, 0.2) is 30.3 Å². The quantitative estimate of drug-likeness (QED) is 0.894. The fraction of sp³-hybridized carbons (Fsp3) is 0.538. The van der Waals surface area contributed by atoms with Gasteiger partial charge in [-0.1, -0.05) is 30.3 Å². The first-order valence-corrected chi connectivity index (χ1v) is 5.77. The zero-order chi connectivity index (χ0) is 10.7. The zero-order valence-electron chi connectivity index (χ0n) is 10.4. The Morgan fingerprint density at radius 2 is 1.82 bits per heavy atom. The van der Waals surface area contributed by atoms with Crippen LogP contribution in [0.25, 0.3) is 0 Å². The standard InChI is InChI=1S/C13H20N2.2ClH/c1-11-9-15(12(2)8-14-11)10-13-6-4-3-5-7-13;;/h3-7,11-12,14H,8-10H2,1-2H3;2*1H/t11-,12-;;/m1../s1. The van der Waals surface area contributed by atoms with Crippen molar-refractivity contribution in [3.05, 3.63) is 35.9 Å². The summed E-state index contributed by atoms with van der Waals surface area (Å²) in [4.78, 5) is 2.55. The van der Waals surface area contributed by atoms with Gasteiger partial charge in [0.25, 0.3) is 0 Å². The molecule has 1 aliphatic heterocycles. The normalized spacial score (nSPS) is 24.6. The summed E-state index contributed by atoms with van der Waals surface area (Å²) in [6.07, 6.45) is 0. The number of nitrogens with zero attached hydrogens (tertiary/aromatic N) is 1. The second-order valence-electron chi connectivity index (χ2n) is 4.57. The molecule has 98 valence electrons. The molecular formula is C13H22Cl2N2. The molecule has 2 rings (SSSR count). The van der Waals surface area contributed by atoms with Crippen LogP contribution in [0.4, 0.5) is 0 Å². The second-order valence-corrected chi connectivity index (χ2v) is 4.57. The summed E-state index contributed by atoms with van der Waals surface area (Å²) in [5, 5.41) is 3.51. The highest BCUT2D eigenvalue weighted by Gasteiger charge is 2.21. The van der Waals surface area contributed by atoms with Crippen molar-refractivity contribution in [2.24, 2.45) is 0 Å². The van der Waals surface area contributed by atoms with Gasteiger partial charge in [0.2, 0.25) is 0 Å². The molecule has 1 heterocycles. The molecule has 2 atom stereocenters. The molecule has 0 radical (unpaired) electrons. The molecule has 1 aliphatic rings. The number of rotatable bonds is 2. The smallest absolute Gasteiger partial charge is 0.0237 e. The summed E-state index contributed by atoms with van der Waals surface area (Å²) in [6, 6.07) is 12.0. The van der Waals surface area contributed by atoms with E-state index in [0.717, 1.165) is 19.6 Å². The Balaban J connectivity index is 0.00000128. The minimum atomic E-state index is 0. The number of piperazine rings is 1. The van der Waals surface area contributed by atoms with Crippen LogP contribution in [-0.2, 0) is 6.54 Å². The Hall–Kier alpha value is -0.280. The molecule has 0 bridgehead atoms. The lowest BCUT2D eigenvalue weighted by atomic mass is 10.1. The molecule has 0 aromatic heterocycles. The van der Waals surface area contributed by atoms with Crippen molar-refractivity contribution in [3.8, 4) is 0 Å². The third kappa shape index (κ3) is 4.84. The van der Waals surface area contributed by atoms with E-state index in [1.165, 1.54) is 5.56 Å². The number of benzene rings is 1. The first-order chi connectivity index (χ1) is 7.25. The molecule has 1 saturated heterocycles. The van der Waals surface area contributed by atoms with Crippen molar-refractivity contribution >= 4 is 24.8 Å². The predicted molar refractivity (Wildman–Crippen MR) is 78.3 cm³/mol. The maximum Gasteiger partial charge on any atom is 0.0237 e. The highest BCUT2D eigenvalue weighted by atomic mass is 35.5. The van der Waals surface area contributed by atoms with Crippen molar-refractivity contribution in [3.63, 3.8) is 0 Å². The molecule has 4 heteroatoms. The lowest BCUT2D eigenvalue weighted by Gasteiger charge is -2.37. The van der Waals surface area contributed by atoms with Crippen molar-refractivity contribution in [2.75, 3.05) is 13.1 Å². The van der Waals surface area contributed by atoms with Crippen molar-refractivity contribution in [1.82, 2.24) is 10.2 Å². The first kappa shape index (κ1) is 16.7. The average Bonchev–Trinajstić information content (AvgIpc) is 2.25. The number of halogens is 2. The molecule has 1 aromatic carbocycles. The van der Waals surface area contributed by atoms with Gasteiger partial charge in [0.1, 0.15) is 0 Å². The van der Waals surface area contributed by atoms with Crippen molar-refractivity contribution in [1.29, 1.82) is 0 Å². The lowest BCUT2D eigenvalue weighted by Crippen LogP contribution is -2.53. The molecular weight excluding hydrogens is 255 g/mol. The fourth-order valence-electron chi connectivity index (χ4n) is 2.14. The van der Waals surface area contributed by atoms with Gasteiger partial charge in [0.05, 0.1) is 0 Å². The van der Waals surface area contributed by atoms with Crippen LogP contribution < -0.4 is 5.32 Å². The average molecular weight is 277 g/mol. The Kier molecular flexibility index (Phi) is 7.80. The number of hydrogen-bond donors (Lipinski definition) is 1. The van der Waals surface area contributed by atoms with Gasteiger partial charge < -0.3 is 5.32 Å². The SMILES string of the molecule is C[C@@H]1CN(Cc2ccccc2)[C@H](C)CN1.Cl.Cl. The Morgan fingerprint density at radius 3 is 2.47 bits per heavy atom. The van der Waals surface area contributed by atoms with Gasteiger partial charge in [-0.15, -0.1) is 24.8 Å². The molecule has 0 saturated carbocycles. The van der Waals surface area contributed by atoms with E-state index in [4.69, 9.17) is 0 Å². The lowest BCUT2D eigenvalue weighted by molar-refractivity contribution is 0.139. The van der Waals surface area contributed by atoms with Gasteiger partial charge >= 0.3 is 0 Å². The summed E-state index contributed by atoms with van der Waals surface area (Å²) in [7, 11) is 0. The fourth-order valence-corrected chi connectivity index (χ4v) is 2.14. The van der Waals surface area contributed by atoms with Crippen LogP contribution in [-0.4, -0.2) is 30.1 Å². The molecule has 1 aromatic rings. The monoisotopic (exact) mass is 276 g/mol. The molecule has 17 heavy (non-hydrogen) atoms. The van der Waals surface area contributed by atoms with E-state index in [-0.39, 0.29) is 24.8 Å². The number of hydrogen-bond acceptors (Lipinski definition) is 2. The van der Waals surface area contributed by atoms with E-state index >= 15 is 0 Å². The van der Waals surface area contributed by atoms with E-state index in [0.29, 0.717) is 12.1 Å². The van der Waals surface area contributed by atoms with Crippen LogP contribution in [0, 0.1) is 0 Å². The van der Waals surface area contributed by atoms with Crippen molar-refractivity contribution in [2.45, 2.75) is 32.5 Å². The molecule has 1 fully saturated rings. The summed E-state index contributed by atoms with van der Waals surface area (Å²) < 4.78 is 0. The molecule has 0 aliphatic carbocycles. The van der Waals surface area contributed by atoms with E-state index in [1.807, 2.05) is 0 Å². The maximum absolute atomic E-state index is 3.51. The zero-order valence-corrected chi connectivity index (χ0v) is 12.1. The van der Waals surface area contributed by atoms with Gasteiger partial charge in [-0.25, -0.2) is 0 Å². The highest BCUT2D eigenvalue weighted by Crippen LogP contribution is 2.11.